The Morgan fingerprint density at radius 2 is 1.91 bits per heavy atom. The van der Waals surface area contributed by atoms with E-state index in [0.29, 0.717) is 24.3 Å². The molecule has 4 rings (SSSR count). The molecule has 9 heteroatoms. The van der Waals surface area contributed by atoms with Crippen LogP contribution in [0.15, 0.2) is 55.0 Å². The molecule has 0 aliphatic carbocycles. The van der Waals surface area contributed by atoms with Crippen molar-refractivity contribution in [1.82, 2.24) is 20.2 Å². The molecule has 1 aliphatic heterocycles. The van der Waals surface area contributed by atoms with Crippen molar-refractivity contribution < 1.29 is 18.0 Å². The van der Waals surface area contributed by atoms with Crippen molar-refractivity contribution in [3.63, 3.8) is 0 Å². The molecule has 0 unspecified atom stereocenters. The number of carbonyl (C=O) groups is 1. The Morgan fingerprint density at radius 3 is 2.61 bits per heavy atom. The topological polar surface area (TPSA) is 70.2 Å². The average molecular weight is 455 g/mol. The Hall–Kier alpha value is -3.30. The molecule has 6 nitrogen and oxygen atoms in total. The number of carbonyl (C=O) groups excluding carboxylic acids is 1. The third-order valence-corrected chi connectivity index (χ3v) is 5.62. The molecule has 1 amide bonds. The maximum Gasteiger partial charge on any atom is 0.416 e. The van der Waals surface area contributed by atoms with Crippen LogP contribution in [-0.2, 0) is 12.7 Å². The molecular weight excluding hydrogens is 431 g/mol. The predicted octanol–water partition coefficient (Wildman–Crippen LogP) is 4.13. The number of amides is 1. The van der Waals surface area contributed by atoms with Gasteiger partial charge >= 0.3 is 6.18 Å². The van der Waals surface area contributed by atoms with Crippen LogP contribution in [0.25, 0.3) is 11.3 Å². The van der Waals surface area contributed by atoms with Crippen LogP contribution in [0.2, 0.25) is 0 Å². The van der Waals surface area contributed by atoms with Gasteiger partial charge in [0.1, 0.15) is 0 Å². The molecule has 2 heterocycles. The molecule has 0 bridgehead atoms. The second-order valence-electron chi connectivity index (χ2n) is 7.97. The number of halogens is 3. The zero-order valence-electron chi connectivity index (χ0n) is 18.1. The largest absolute Gasteiger partial charge is 0.416 e. The van der Waals surface area contributed by atoms with Crippen molar-refractivity contribution >= 4 is 11.6 Å². The lowest BCUT2D eigenvalue weighted by molar-refractivity contribution is -0.138. The van der Waals surface area contributed by atoms with Crippen molar-refractivity contribution in [3.8, 4) is 11.3 Å². The zero-order chi connectivity index (χ0) is 23.4. The van der Waals surface area contributed by atoms with E-state index in [-0.39, 0.29) is 17.8 Å². The van der Waals surface area contributed by atoms with Crippen LogP contribution in [0.3, 0.4) is 0 Å². The highest BCUT2D eigenvalue weighted by molar-refractivity contribution is 6.05. The number of aromatic nitrogens is 2. The van der Waals surface area contributed by atoms with Gasteiger partial charge in [-0.15, -0.1) is 0 Å². The van der Waals surface area contributed by atoms with Crippen LogP contribution in [-0.4, -0.2) is 47.0 Å². The molecule has 3 aromatic rings. The summed E-state index contributed by atoms with van der Waals surface area (Å²) in [6.07, 6.45) is 0.186. The first-order valence-electron chi connectivity index (χ1n) is 10.6. The summed E-state index contributed by atoms with van der Waals surface area (Å²) in [5, 5.41) is 5.79. The molecule has 2 aromatic carbocycles. The molecular formula is C24H24F3N5O. The maximum atomic E-state index is 13.8. The first kappa shape index (κ1) is 22.9. The number of nitrogens with zero attached hydrogens (tertiary/aromatic N) is 3. The monoisotopic (exact) mass is 455 g/mol. The first-order valence-corrected chi connectivity index (χ1v) is 10.6. The number of anilines is 1. The van der Waals surface area contributed by atoms with Gasteiger partial charge in [0.25, 0.3) is 5.91 Å². The normalized spacial score (nSPS) is 14.8. The van der Waals surface area contributed by atoms with Crippen molar-refractivity contribution in [1.29, 1.82) is 0 Å². The summed E-state index contributed by atoms with van der Waals surface area (Å²) in [5.74, 6) is -0.497. The Balaban J connectivity index is 1.57. The summed E-state index contributed by atoms with van der Waals surface area (Å²) >= 11 is 0. The second-order valence-corrected chi connectivity index (χ2v) is 7.97. The quantitative estimate of drug-likeness (QED) is 0.606. The van der Waals surface area contributed by atoms with E-state index < -0.39 is 17.6 Å². The molecule has 0 atom stereocenters. The predicted molar refractivity (Wildman–Crippen MR) is 120 cm³/mol. The minimum atomic E-state index is -4.52. The van der Waals surface area contributed by atoms with Gasteiger partial charge in [0.15, 0.2) is 0 Å². The van der Waals surface area contributed by atoms with Crippen LogP contribution >= 0.6 is 0 Å². The van der Waals surface area contributed by atoms with Crippen LogP contribution in [0.1, 0.15) is 27.0 Å². The van der Waals surface area contributed by atoms with E-state index in [1.807, 2.05) is 11.8 Å². The number of rotatable bonds is 5. The molecule has 0 radical (unpaired) electrons. The summed E-state index contributed by atoms with van der Waals surface area (Å²) < 4.78 is 41.3. The van der Waals surface area contributed by atoms with Gasteiger partial charge in [0.2, 0.25) is 0 Å². The van der Waals surface area contributed by atoms with Crippen molar-refractivity contribution in [2.75, 3.05) is 31.5 Å². The standard InChI is InChI=1S/C24H24F3N5O/c1-16-2-3-17(12-20(16)22-14-29-6-7-30-22)23(33)31-19-5-4-18(21(13-19)24(25,26)27)15-32-10-8-28-9-11-32/h2-7,12-14,28H,8-11,15H2,1H3,(H,31,33). The summed E-state index contributed by atoms with van der Waals surface area (Å²) in [6, 6.07) is 9.04. The maximum absolute atomic E-state index is 13.8. The van der Waals surface area contributed by atoms with E-state index in [1.165, 1.54) is 12.1 Å². The van der Waals surface area contributed by atoms with Gasteiger partial charge in [-0.3, -0.25) is 19.7 Å². The summed E-state index contributed by atoms with van der Waals surface area (Å²) in [5.41, 5.74) is 2.13. The van der Waals surface area contributed by atoms with Crippen LogP contribution < -0.4 is 10.6 Å². The van der Waals surface area contributed by atoms with Gasteiger partial charge < -0.3 is 10.6 Å². The van der Waals surface area contributed by atoms with Gasteiger partial charge in [-0.05, 0) is 42.3 Å². The number of alkyl halides is 3. The minimum absolute atomic E-state index is 0.0954. The average Bonchev–Trinajstić information content (AvgIpc) is 2.81. The zero-order valence-corrected chi connectivity index (χ0v) is 18.1. The highest BCUT2D eigenvalue weighted by Crippen LogP contribution is 2.34. The summed E-state index contributed by atoms with van der Waals surface area (Å²) in [7, 11) is 0. The number of aryl methyl sites for hydroxylation is 1. The summed E-state index contributed by atoms with van der Waals surface area (Å²) in [4.78, 5) is 23.1. The molecule has 0 saturated carbocycles. The Bertz CT molecular complexity index is 1130. The molecule has 2 N–H and O–H groups in total. The third-order valence-electron chi connectivity index (χ3n) is 5.62. The van der Waals surface area contributed by atoms with Gasteiger partial charge in [0.05, 0.1) is 17.5 Å². The number of piperazine rings is 1. The van der Waals surface area contributed by atoms with Gasteiger partial charge in [-0.25, -0.2) is 0 Å². The van der Waals surface area contributed by atoms with E-state index in [0.717, 1.165) is 30.3 Å². The summed E-state index contributed by atoms with van der Waals surface area (Å²) in [6.45, 7) is 4.99. The Kier molecular flexibility index (Phi) is 6.71. The van der Waals surface area contributed by atoms with Crippen LogP contribution in [0.4, 0.5) is 18.9 Å². The Morgan fingerprint density at radius 1 is 1.12 bits per heavy atom. The van der Waals surface area contributed by atoms with Gasteiger partial charge in [-0.1, -0.05) is 12.1 Å². The van der Waals surface area contributed by atoms with Crippen molar-refractivity contribution in [2.24, 2.45) is 0 Å². The highest BCUT2D eigenvalue weighted by atomic mass is 19.4. The second kappa shape index (κ2) is 9.68. The van der Waals surface area contributed by atoms with E-state index in [1.54, 1.807) is 36.8 Å². The van der Waals surface area contributed by atoms with E-state index in [4.69, 9.17) is 0 Å². The Labute approximate surface area is 189 Å². The molecule has 1 fully saturated rings. The minimum Gasteiger partial charge on any atom is -0.322 e. The smallest absolute Gasteiger partial charge is 0.322 e. The molecule has 1 aliphatic rings. The fourth-order valence-corrected chi connectivity index (χ4v) is 3.85. The number of hydrogen-bond acceptors (Lipinski definition) is 5. The highest BCUT2D eigenvalue weighted by Gasteiger charge is 2.34. The third kappa shape index (κ3) is 5.55. The van der Waals surface area contributed by atoms with E-state index in [2.05, 4.69) is 20.6 Å². The molecule has 1 saturated heterocycles. The van der Waals surface area contributed by atoms with Crippen LogP contribution in [0, 0.1) is 6.92 Å². The molecule has 33 heavy (non-hydrogen) atoms. The lowest BCUT2D eigenvalue weighted by atomic mass is 10.0. The van der Waals surface area contributed by atoms with Crippen molar-refractivity contribution in [2.45, 2.75) is 19.6 Å². The number of nitrogens with one attached hydrogen (secondary N) is 2. The lowest BCUT2D eigenvalue weighted by Gasteiger charge is -2.28. The number of benzene rings is 2. The SMILES string of the molecule is Cc1ccc(C(=O)Nc2ccc(CN3CCNCC3)c(C(F)(F)F)c2)cc1-c1cnccn1. The van der Waals surface area contributed by atoms with Gasteiger partial charge in [0, 0.05) is 61.9 Å². The van der Waals surface area contributed by atoms with E-state index in [9.17, 15) is 18.0 Å². The van der Waals surface area contributed by atoms with E-state index >= 15 is 0 Å². The van der Waals surface area contributed by atoms with Crippen molar-refractivity contribution in [3.05, 3.63) is 77.2 Å². The first-order chi connectivity index (χ1) is 15.8. The van der Waals surface area contributed by atoms with Crippen LogP contribution in [0.5, 0.6) is 0 Å². The number of hydrogen-bond donors (Lipinski definition) is 2. The fraction of sp³-hybridized carbons (Fsp3) is 0.292. The lowest BCUT2D eigenvalue weighted by Crippen LogP contribution is -2.43. The molecule has 172 valence electrons. The fourth-order valence-electron chi connectivity index (χ4n) is 3.85. The van der Waals surface area contributed by atoms with Gasteiger partial charge in [-0.2, -0.15) is 13.2 Å². The molecule has 1 aromatic heterocycles. The molecule has 0 spiro atoms.